The summed E-state index contributed by atoms with van der Waals surface area (Å²) < 4.78 is 5.58. The van der Waals surface area contributed by atoms with Crippen LogP contribution < -0.4 is 4.74 Å². The predicted octanol–water partition coefficient (Wildman–Crippen LogP) is 2.02. The molecule has 0 aromatic heterocycles. The number of rotatable bonds is 6. The van der Waals surface area contributed by atoms with Crippen LogP contribution in [0.15, 0.2) is 30.3 Å². The van der Waals surface area contributed by atoms with Crippen molar-refractivity contribution in [1.29, 1.82) is 0 Å². The number of carboxylic acids is 1. The molecule has 1 saturated heterocycles. The van der Waals surface area contributed by atoms with Crippen molar-refractivity contribution < 1.29 is 19.4 Å². The van der Waals surface area contributed by atoms with Crippen molar-refractivity contribution in [2.75, 3.05) is 19.7 Å². The van der Waals surface area contributed by atoms with E-state index in [1.54, 1.807) is 4.90 Å². The van der Waals surface area contributed by atoms with Crippen LogP contribution in [0.4, 0.5) is 0 Å². The van der Waals surface area contributed by atoms with E-state index in [0.717, 1.165) is 5.75 Å². The number of hydrogen-bond acceptors (Lipinski definition) is 3. The summed E-state index contributed by atoms with van der Waals surface area (Å²) in [5.41, 5.74) is 0. The molecule has 0 spiro atoms. The number of benzene rings is 1. The van der Waals surface area contributed by atoms with E-state index in [1.807, 2.05) is 37.3 Å². The third kappa shape index (κ3) is 4.21. The van der Waals surface area contributed by atoms with Crippen LogP contribution in [-0.2, 0) is 9.59 Å². The Labute approximate surface area is 124 Å². The molecule has 1 aromatic carbocycles. The van der Waals surface area contributed by atoms with Crippen LogP contribution in [-0.4, -0.2) is 41.6 Å². The fraction of sp³-hybridized carbons (Fsp3) is 0.500. The summed E-state index contributed by atoms with van der Waals surface area (Å²) in [6.45, 7) is 3.22. The number of likely N-dealkylation sites (tertiary alicyclic amines) is 1. The monoisotopic (exact) mass is 291 g/mol. The third-order valence-electron chi connectivity index (χ3n) is 3.83. The van der Waals surface area contributed by atoms with Gasteiger partial charge < -0.3 is 14.7 Å². The molecule has 2 rings (SSSR count). The van der Waals surface area contributed by atoms with E-state index in [9.17, 15) is 9.59 Å². The lowest BCUT2D eigenvalue weighted by Gasteiger charge is -2.20. The van der Waals surface area contributed by atoms with Crippen molar-refractivity contribution in [2.24, 2.45) is 11.8 Å². The summed E-state index contributed by atoms with van der Waals surface area (Å²) in [6.07, 6.45) is 1.18. The predicted molar refractivity (Wildman–Crippen MR) is 78.0 cm³/mol. The quantitative estimate of drug-likeness (QED) is 0.871. The average Bonchev–Trinajstić information content (AvgIpc) is 2.97. The summed E-state index contributed by atoms with van der Waals surface area (Å²) >= 11 is 0. The lowest BCUT2D eigenvalue weighted by molar-refractivity contribution is -0.141. The highest BCUT2D eigenvalue weighted by Crippen LogP contribution is 2.20. The van der Waals surface area contributed by atoms with Gasteiger partial charge in [-0.1, -0.05) is 25.1 Å². The van der Waals surface area contributed by atoms with Gasteiger partial charge >= 0.3 is 5.97 Å². The van der Waals surface area contributed by atoms with Crippen LogP contribution in [0.5, 0.6) is 5.75 Å². The van der Waals surface area contributed by atoms with Gasteiger partial charge in [-0.25, -0.2) is 0 Å². The van der Waals surface area contributed by atoms with Crippen LogP contribution in [0.25, 0.3) is 0 Å². The van der Waals surface area contributed by atoms with Gasteiger partial charge in [0.1, 0.15) is 5.75 Å². The van der Waals surface area contributed by atoms with Crippen LogP contribution >= 0.6 is 0 Å². The second kappa shape index (κ2) is 7.11. The van der Waals surface area contributed by atoms with E-state index in [1.165, 1.54) is 0 Å². The van der Waals surface area contributed by atoms with Crippen LogP contribution in [0.1, 0.15) is 19.8 Å². The maximum absolute atomic E-state index is 12.2. The van der Waals surface area contributed by atoms with Crippen molar-refractivity contribution in [2.45, 2.75) is 19.8 Å². The number of para-hydroxylation sites is 1. The van der Waals surface area contributed by atoms with E-state index >= 15 is 0 Å². The maximum Gasteiger partial charge on any atom is 0.308 e. The highest BCUT2D eigenvalue weighted by molar-refractivity contribution is 5.80. The number of hydrogen-bond donors (Lipinski definition) is 1. The molecule has 1 N–H and O–H groups in total. The molecule has 0 radical (unpaired) electrons. The van der Waals surface area contributed by atoms with Crippen LogP contribution in [0, 0.1) is 11.8 Å². The molecule has 1 aliphatic rings. The fourth-order valence-electron chi connectivity index (χ4n) is 2.47. The first-order chi connectivity index (χ1) is 10.1. The minimum Gasteiger partial charge on any atom is -0.494 e. The normalized spacial score (nSPS) is 19.3. The zero-order chi connectivity index (χ0) is 15.2. The Kier molecular flexibility index (Phi) is 5.20. The number of ether oxygens (including phenoxy) is 1. The molecule has 21 heavy (non-hydrogen) atoms. The van der Waals surface area contributed by atoms with Crippen LogP contribution in [0.2, 0.25) is 0 Å². The Hall–Kier alpha value is -2.04. The fourth-order valence-corrected chi connectivity index (χ4v) is 2.47. The number of carbonyl (C=O) groups is 2. The van der Waals surface area contributed by atoms with Gasteiger partial charge in [0.25, 0.3) is 0 Å². The molecule has 5 nitrogen and oxygen atoms in total. The standard InChI is InChI=1S/C16H21NO4/c1-12(8-10-21-14-5-3-2-4-6-14)15(18)17-9-7-13(11-17)16(19)20/h2-6,12-13H,7-11H2,1H3,(H,19,20)/t12-,13-/m1/s1. The minimum atomic E-state index is -0.814. The SMILES string of the molecule is C[C@H](CCOc1ccccc1)C(=O)N1CC[C@@H](C(=O)O)C1. The smallest absolute Gasteiger partial charge is 0.308 e. The minimum absolute atomic E-state index is 0.0235. The molecule has 1 fully saturated rings. The topological polar surface area (TPSA) is 66.8 Å². The summed E-state index contributed by atoms with van der Waals surface area (Å²) in [6, 6.07) is 9.49. The molecule has 1 amide bonds. The maximum atomic E-state index is 12.2. The highest BCUT2D eigenvalue weighted by Gasteiger charge is 2.32. The van der Waals surface area contributed by atoms with Gasteiger partial charge in [-0.15, -0.1) is 0 Å². The molecular weight excluding hydrogens is 270 g/mol. The van der Waals surface area contributed by atoms with E-state index in [4.69, 9.17) is 9.84 Å². The molecule has 114 valence electrons. The van der Waals surface area contributed by atoms with E-state index in [0.29, 0.717) is 32.5 Å². The zero-order valence-corrected chi connectivity index (χ0v) is 12.2. The summed E-state index contributed by atoms with van der Waals surface area (Å²) in [7, 11) is 0. The number of amides is 1. The van der Waals surface area contributed by atoms with Gasteiger partial charge in [0.05, 0.1) is 12.5 Å². The van der Waals surface area contributed by atoms with Crippen molar-refractivity contribution >= 4 is 11.9 Å². The first-order valence-electron chi connectivity index (χ1n) is 7.27. The molecule has 1 aromatic rings. The van der Waals surface area contributed by atoms with Gasteiger partial charge in [0.15, 0.2) is 0 Å². The number of carbonyl (C=O) groups excluding carboxylic acids is 1. The Balaban J connectivity index is 1.74. The van der Waals surface area contributed by atoms with E-state index < -0.39 is 11.9 Å². The van der Waals surface area contributed by atoms with Crippen molar-refractivity contribution in [3.63, 3.8) is 0 Å². The molecule has 2 atom stereocenters. The van der Waals surface area contributed by atoms with E-state index in [-0.39, 0.29) is 11.8 Å². The molecule has 0 saturated carbocycles. The van der Waals surface area contributed by atoms with Gasteiger partial charge in [-0.3, -0.25) is 9.59 Å². The molecule has 1 heterocycles. The summed E-state index contributed by atoms with van der Waals surface area (Å²) in [4.78, 5) is 24.8. The van der Waals surface area contributed by atoms with Gasteiger partial charge in [-0.2, -0.15) is 0 Å². The number of aliphatic carboxylic acids is 1. The van der Waals surface area contributed by atoms with E-state index in [2.05, 4.69) is 0 Å². The molecule has 1 aliphatic heterocycles. The Morgan fingerprint density at radius 2 is 2.10 bits per heavy atom. The third-order valence-corrected chi connectivity index (χ3v) is 3.83. The van der Waals surface area contributed by atoms with Crippen molar-refractivity contribution in [1.82, 2.24) is 4.90 Å². The Morgan fingerprint density at radius 3 is 2.71 bits per heavy atom. The zero-order valence-electron chi connectivity index (χ0n) is 12.2. The second-order valence-corrected chi connectivity index (χ2v) is 5.46. The van der Waals surface area contributed by atoms with Gasteiger partial charge in [0.2, 0.25) is 5.91 Å². The van der Waals surface area contributed by atoms with Crippen molar-refractivity contribution in [3.8, 4) is 5.75 Å². The molecular formula is C16H21NO4. The van der Waals surface area contributed by atoms with Crippen molar-refractivity contribution in [3.05, 3.63) is 30.3 Å². The average molecular weight is 291 g/mol. The molecule has 0 aliphatic carbocycles. The molecule has 5 heteroatoms. The van der Waals surface area contributed by atoms with Crippen LogP contribution in [0.3, 0.4) is 0 Å². The van der Waals surface area contributed by atoms with Gasteiger partial charge in [-0.05, 0) is 25.0 Å². The molecule has 0 bridgehead atoms. The summed E-state index contributed by atoms with van der Waals surface area (Å²) in [5, 5.41) is 8.96. The Morgan fingerprint density at radius 1 is 1.38 bits per heavy atom. The largest absolute Gasteiger partial charge is 0.494 e. The first-order valence-corrected chi connectivity index (χ1v) is 7.27. The lowest BCUT2D eigenvalue weighted by Crippen LogP contribution is -2.34. The summed E-state index contributed by atoms with van der Waals surface area (Å²) in [5.74, 6) is -0.562. The number of nitrogens with zero attached hydrogens (tertiary/aromatic N) is 1. The van der Waals surface area contributed by atoms with Gasteiger partial charge in [0, 0.05) is 19.0 Å². The lowest BCUT2D eigenvalue weighted by atomic mass is 10.1. The molecule has 0 unspecified atom stereocenters. The second-order valence-electron chi connectivity index (χ2n) is 5.46. The Bertz CT molecular complexity index is 488. The highest BCUT2D eigenvalue weighted by atomic mass is 16.5. The first kappa shape index (κ1) is 15.4. The number of carboxylic acid groups (broad SMARTS) is 1.